The summed E-state index contributed by atoms with van der Waals surface area (Å²) in [5.74, 6) is -2.75. The molecule has 1 amide bonds. The Balaban J connectivity index is 2.22. The van der Waals surface area contributed by atoms with Gasteiger partial charge in [-0.05, 0) is 35.6 Å². The van der Waals surface area contributed by atoms with Crippen molar-refractivity contribution in [1.29, 1.82) is 0 Å². The summed E-state index contributed by atoms with van der Waals surface area (Å²) in [6.45, 7) is 4.81. The molecule has 0 saturated carbocycles. The van der Waals surface area contributed by atoms with Gasteiger partial charge in [-0.15, -0.1) is 0 Å². The third-order valence-electron chi connectivity index (χ3n) is 6.07. The second kappa shape index (κ2) is 12.3. The molecular weight excluding hydrogens is 531 g/mol. The van der Waals surface area contributed by atoms with Crippen molar-refractivity contribution in [2.75, 3.05) is 25.2 Å². The molecule has 3 aromatic rings. The molecule has 212 valence electrons. The Bertz CT molecular complexity index is 1390. The van der Waals surface area contributed by atoms with Crippen LogP contribution in [0.2, 0.25) is 0 Å². The lowest BCUT2D eigenvalue weighted by atomic mass is 9.84. The van der Waals surface area contributed by atoms with Crippen molar-refractivity contribution in [2.24, 2.45) is 11.1 Å². The van der Waals surface area contributed by atoms with Gasteiger partial charge in [-0.3, -0.25) is 4.79 Å². The fourth-order valence-corrected chi connectivity index (χ4v) is 4.91. The van der Waals surface area contributed by atoms with Gasteiger partial charge in [0.1, 0.15) is 24.1 Å². The molecule has 0 aliphatic carbocycles. The topological polar surface area (TPSA) is 111 Å². The predicted octanol–water partition coefficient (Wildman–Crippen LogP) is 3.92. The summed E-state index contributed by atoms with van der Waals surface area (Å²) in [7, 11) is -3.71. The molecule has 0 saturated heterocycles. The predicted molar refractivity (Wildman–Crippen MR) is 143 cm³/mol. The molecule has 2 N–H and O–H groups in total. The molecule has 8 nitrogen and oxygen atoms in total. The second-order valence-electron chi connectivity index (χ2n) is 10.7. The SMILES string of the molecule is CC(C)(C)[C@H](c1nc(-c2cc(F)ccc2F)nn1Cc1ccccc1)N(CC[C@H](N)CF)C(=O)CS(C)(=O)=O. The van der Waals surface area contributed by atoms with Crippen molar-refractivity contribution in [3.63, 3.8) is 0 Å². The van der Waals surface area contributed by atoms with E-state index in [1.807, 2.05) is 51.1 Å². The van der Waals surface area contributed by atoms with Crippen LogP contribution < -0.4 is 5.73 Å². The van der Waals surface area contributed by atoms with Crippen LogP contribution >= 0.6 is 0 Å². The summed E-state index contributed by atoms with van der Waals surface area (Å²) in [5, 5.41) is 4.50. The smallest absolute Gasteiger partial charge is 0.238 e. The van der Waals surface area contributed by atoms with Crippen LogP contribution in [0.25, 0.3) is 11.4 Å². The first-order valence-corrected chi connectivity index (χ1v) is 14.5. The molecule has 0 unspecified atom stereocenters. The van der Waals surface area contributed by atoms with Gasteiger partial charge in [0.15, 0.2) is 21.5 Å². The van der Waals surface area contributed by atoms with Crippen LogP contribution in [-0.4, -0.2) is 65.3 Å². The van der Waals surface area contributed by atoms with Crippen molar-refractivity contribution in [1.82, 2.24) is 19.7 Å². The van der Waals surface area contributed by atoms with E-state index in [4.69, 9.17) is 5.73 Å². The van der Waals surface area contributed by atoms with Crippen molar-refractivity contribution in [3.8, 4) is 11.4 Å². The van der Waals surface area contributed by atoms with Crippen LogP contribution in [0.5, 0.6) is 0 Å². The van der Waals surface area contributed by atoms with Crippen molar-refractivity contribution in [3.05, 3.63) is 71.6 Å². The zero-order valence-corrected chi connectivity index (χ0v) is 23.3. The number of hydrogen-bond acceptors (Lipinski definition) is 6. The minimum atomic E-state index is -3.71. The average molecular weight is 566 g/mol. The third-order valence-corrected chi connectivity index (χ3v) is 6.84. The van der Waals surface area contributed by atoms with Gasteiger partial charge in [0, 0.05) is 18.8 Å². The molecule has 39 heavy (non-hydrogen) atoms. The van der Waals surface area contributed by atoms with E-state index in [1.165, 1.54) is 9.58 Å². The van der Waals surface area contributed by atoms with Crippen molar-refractivity contribution in [2.45, 2.75) is 45.8 Å². The van der Waals surface area contributed by atoms with Crippen LogP contribution in [0.4, 0.5) is 13.2 Å². The number of sulfone groups is 1. The van der Waals surface area contributed by atoms with Gasteiger partial charge in [-0.25, -0.2) is 31.3 Å². The number of alkyl halides is 1. The van der Waals surface area contributed by atoms with E-state index in [2.05, 4.69) is 10.1 Å². The standard InChI is InChI=1S/C27H34F3N5O3S/c1-27(2,3)24(34(13-12-20(31)15-28)23(36)17-39(4,37)38)26-32-25(21-14-19(29)10-11-22(21)30)33-35(26)16-18-8-6-5-7-9-18/h5-11,14,20,24H,12-13,15-17,31H2,1-4H3/t20-,24-/m0/s1. The van der Waals surface area contributed by atoms with Gasteiger partial charge in [0.05, 0.1) is 18.2 Å². The Labute approximate surface area is 226 Å². The van der Waals surface area contributed by atoms with E-state index in [0.29, 0.717) is 0 Å². The summed E-state index contributed by atoms with van der Waals surface area (Å²) >= 11 is 0. The molecule has 0 aliphatic heterocycles. The maximum absolute atomic E-state index is 14.7. The number of amides is 1. The third kappa shape index (κ3) is 8.12. The molecule has 0 bridgehead atoms. The summed E-state index contributed by atoms with van der Waals surface area (Å²) in [6.07, 6.45) is 1.02. The molecule has 0 spiro atoms. The van der Waals surface area contributed by atoms with E-state index in [9.17, 15) is 26.4 Å². The molecule has 0 radical (unpaired) electrons. The molecule has 0 fully saturated rings. The fourth-order valence-electron chi connectivity index (χ4n) is 4.29. The second-order valence-corrected chi connectivity index (χ2v) is 12.8. The van der Waals surface area contributed by atoms with Crippen LogP contribution in [0, 0.1) is 17.0 Å². The van der Waals surface area contributed by atoms with Gasteiger partial charge in [-0.2, -0.15) is 5.10 Å². The highest BCUT2D eigenvalue weighted by molar-refractivity contribution is 7.91. The van der Waals surface area contributed by atoms with Gasteiger partial charge in [0.2, 0.25) is 5.91 Å². The summed E-state index contributed by atoms with van der Waals surface area (Å²) in [4.78, 5) is 19.3. The van der Waals surface area contributed by atoms with Crippen LogP contribution in [0.3, 0.4) is 0 Å². The normalized spacial score (nSPS) is 13.7. The fraction of sp³-hybridized carbons (Fsp3) is 0.444. The number of nitrogens with two attached hydrogens (primary N) is 1. The highest BCUT2D eigenvalue weighted by Gasteiger charge is 2.39. The van der Waals surface area contributed by atoms with E-state index in [0.717, 1.165) is 30.0 Å². The first-order chi connectivity index (χ1) is 18.2. The number of carbonyl (C=O) groups is 1. The molecule has 1 aromatic heterocycles. The molecule has 2 atom stereocenters. The molecule has 12 heteroatoms. The maximum atomic E-state index is 14.7. The molecule has 3 rings (SSSR count). The van der Waals surface area contributed by atoms with Crippen LogP contribution in [-0.2, 0) is 21.2 Å². The lowest BCUT2D eigenvalue weighted by Gasteiger charge is -2.40. The number of nitrogens with zero attached hydrogens (tertiary/aromatic N) is 4. The monoisotopic (exact) mass is 565 g/mol. The lowest BCUT2D eigenvalue weighted by molar-refractivity contribution is -0.134. The number of carbonyl (C=O) groups excluding carboxylic acids is 1. The minimum absolute atomic E-state index is 0.0523. The summed E-state index contributed by atoms with van der Waals surface area (Å²) in [6, 6.07) is 10.4. The zero-order valence-electron chi connectivity index (χ0n) is 22.4. The molecule has 0 aliphatic rings. The Morgan fingerprint density at radius 2 is 1.79 bits per heavy atom. The first kappa shape index (κ1) is 30.3. The van der Waals surface area contributed by atoms with E-state index in [1.54, 1.807) is 0 Å². The molecular formula is C27H34F3N5O3S. The van der Waals surface area contributed by atoms with Gasteiger partial charge < -0.3 is 10.6 Å². The van der Waals surface area contributed by atoms with Crippen LogP contribution in [0.1, 0.15) is 44.6 Å². The quantitative estimate of drug-likeness (QED) is 0.377. The largest absolute Gasteiger partial charge is 0.331 e. The summed E-state index contributed by atoms with van der Waals surface area (Å²) in [5.41, 5.74) is 5.72. The van der Waals surface area contributed by atoms with Gasteiger partial charge in [0.25, 0.3) is 0 Å². The highest BCUT2D eigenvalue weighted by Crippen LogP contribution is 2.39. The van der Waals surface area contributed by atoms with Crippen molar-refractivity contribution >= 4 is 15.7 Å². The molecule has 1 heterocycles. The van der Waals surface area contributed by atoms with E-state index >= 15 is 0 Å². The van der Waals surface area contributed by atoms with E-state index < -0.39 is 57.3 Å². The number of rotatable bonds is 11. The number of aromatic nitrogens is 3. The van der Waals surface area contributed by atoms with Crippen LogP contribution in [0.15, 0.2) is 48.5 Å². The van der Waals surface area contributed by atoms with Gasteiger partial charge >= 0.3 is 0 Å². The van der Waals surface area contributed by atoms with Crippen molar-refractivity contribution < 1.29 is 26.4 Å². The maximum Gasteiger partial charge on any atom is 0.238 e. The van der Waals surface area contributed by atoms with Gasteiger partial charge in [-0.1, -0.05) is 51.1 Å². The Morgan fingerprint density at radius 1 is 1.13 bits per heavy atom. The lowest BCUT2D eigenvalue weighted by Crippen LogP contribution is -2.46. The Hall–Kier alpha value is -3.25. The Kier molecular flexibility index (Phi) is 9.55. The number of hydrogen-bond donors (Lipinski definition) is 1. The number of benzene rings is 2. The Morgan fingerprint density at radius 3 is 2.38 bits per heavy atom. The highest BCUT2D eigenvalue weighted by atomic mass is 32.2. The average Bonchev–Trinajstić information content (AvgIpc) is 3.24. The number of halogens is 3. The van der Waals surface area contributed by atoms with E-state index in [-0.39, 0.29) is 36.7 Å². The zero-order chi connectivity index (χ0) is 29.0. The molecule has 2 aromatic carbocycles. The first-order valence-electron chi connectivity index (χ1n) is 12.4. The summed E-state index contributed by atoms with van der Waals surface area (Å²) < 4.78 is 67.7. The minimum Gasteiger partial charge on any atom is -0.331 e.